The van der Waals surface area contributed by atoms with Crippen molar-refractivity contribution in [1.29, 1.82) is 0 Å². The Morgan fingerprint density at radius 1 is 1.25 bits per heavy atom. The van der Waals surface area contributed by atoms with Crippen molar-refractivity contribution in [2.45, 2.75) is 13.8 Å². The number of hydrogen-bond donors (Lipinski definition) is 1. The summed E-state index contributed by atoms with van der Waals surface area (Å²) >= 11 is 0. The maximum Gasteiger partial charge on any atom is 0.0396 e. The molecule has 0 radical (unpaired) electrons. The molecule has 0 aliphatic heterocycles. The fourth-order valence-corrected chi connectivity index (χ4v) is 1.07. The molecule has 0 amide bonds. The van der Waals surface area contributed by atoms with Gasteiger partial charge in [0.1, 0.15) is 0 Å². The van der Waals surface area contributed by atoms with E-state index in [1.54, 1.807) is 6.08 Å². The van der Waals surface area contributed by atoms with Gasteiger partial charge in [-0.25, -0.2) is 0 Å². The molecule has 0 atom stereocenters. The van der Waals surface area contributed by atoms with Gasteiger partial charge in [-0.3, -0.25) is 0 Å². The zero-order valence-corrected chi connectivity index (χ0v) is 8.15. The molecule has 0 bridgehead atoms. The predicted octanol–water partition coefficient (Wildman–Crippen LogP) is 2.80. The van der Waals surface area contributed by atoms with Crippen molar-refractivity contribution in [2.24, 2.45) is 0 Å². The van der Waals surface area contributed by atoms with Crippen LogP contribution in [0.5, 0.6) is 0 Å². The molecule has 1 heteroatoms. The van der Waals surface area contributed by atoms with Gasteiger partial charge in [0.2, 0.25) is 0 Å². The van der Waals surface area contributed by atoms with E-state index in [-0.39, 0.29) is 0 Å². The minimum atomic E-state index is 1.12. The summed E-state index contributed by atoms with van der Waals surface area (Å²) in [5, 5.41) is 3.13. The van der Waals surface area contributed by atoms with E-state index in [1.165, 1.54) is 5.57 Å². The molecule has 0 rings (SSSR count). The Bertz CT molecular complexity index is 231. The summed E-state index contributed by atoms with van der Waals surface area (Å²) in [6, 6.07) is 0. The first kappa shape index (κ1) is 10.8. The van der Waals surface area contributed by atoms with E-state index < -0.39 is 0 Å². The van der Waals surface area contributed by atoms with E-state index in [9.17, 15) is 0 Å². The molecule has 0 aliphatic carbocycles. The average molecular weight is 163 g/mol. The van der Waals surface area contributed by atoms with E-state index in [0.29, 0.717) is 0 Å². The van der Waals surface area contributed by atoms with Gasteiger partial charge in [0, 0.05) is 12.7 Å². The molecule has 1 N–H and O–H groups in total. The second-order valence-electron chi connectivity index (χ2n) is 2.60. The first-order valence-electron chi connectivity index (χ1n) is 3.98. The van der Waals surface area contributed by atoms with Crippen LogP contribution in [0.3, 0.4) is 0 Å². The average Bonchev–Trinajstić information content (AvgIpc) is 2.06. The molecule has 0 aliphatic rings. The van der Waals surface area contributed by atoms with Gasteiger partial charge < -0.3 is 5.32 Å². The Balaban J connectivity index is 4.90. The Morgan fingerprint density at radius 3 is 2.17 bits per heavy atom. The summed E-state index contributed by atoms with van der Waals surface area (Å²) in [4.78, 5) is 0. The van der Waals surface area contributed by atoms with Crippen LogP contribution in [0.1, 0.15) is 13.8 Å². The van der Waals surface area contributed by atoms with Gasteiger partial charge in [-0.05, 0) is 25.0 Å². The molecule has 12 heavy (non-hydrogen) atoms. The minimum Gasteiger partial charge on any atom is -0.388 e. The van der Waals surface area contributed by atoms with Crippen LogP contribution in [0.25, 0.3) is 0 Å². The monoisotopic (exact) mass is 163 g/mol. The number of rotatable bonds is 4. The molecule has 0 aromatic carbocycles. The maximum atomic E-state index is 3.72. The fourth-order valence-electron chi connectivity index (χ4n) is 1.07. The van der Waals surface area contributed by atoms with Crippen LogP contribution in [-0.4, -0.2) is 7.05 Å². The second-order valence-corrected chi connectivity index (χ2v) is 2.60. The highest BCUT2D eigenvalue weighted by atomic mass is 14.8. The van der Waals surface area contributed by atoms with E-state index in [1.807, 2.05) is 33.0 Å². The van der Waals surface area contributed by atoms with Crippen LogP contribution in [0.15, 0.2) is 48.2 Å². The zero-order chi connectivity index (χ0) is 9.56. The summed E-state index contributed by atoms with van der Waals surface area (Å²) < 4.78 is 0. The molecule has 0 spiro atoms. The molecule has 0 aromatic rings. The first-order valence-corrected chi connectivity index (χ1v) is 3.98. The lowest BCUT2D eigenvalue weighted by Gasteiger charge is -2.09. The van der Waals surface area contributed by atoms with Gasteiger partial charge in [0.05, 0.1) is 0 Å². The lowest BCUT2D eigenvalue weighted by atomic mass is 10.1. The van der Waals surface area contributed by atoms with Crippen LogP contribution in [-0.2, 0) is 0 Å². The van der Waals surface area contributed by atoms with E-state index >= 15 is 0 Å². The van der Waals surface area contributed by atoms with E-state index in [0.717, 1.165) is 11.3 Å². The summed E-state index contributed by atoms with van der Waals surface area (Å²) in [6.07, 6.45) is 5.59. The zero-order valence-electron chi connectivity index (χ0n) is 8.15. The van der Waals surface area contributed by atoms with Gasteiger partial charge >= 0.3 is 0 Å². The summed E-state index contributed by atoms with van der Waals surface area (Å²) in [7, 11) is 1.91. The van der Waals surface area contributed by atoms with Gasteiger partial charge in [0.15, 0.2) is 0 Å². The smallest absolute Gasteiger partial charge is 0.0396 e. The van der Waals surface area contributed by atoms with Crippen molar-refractivity contribution in [1.82, 2.24) is 5.32 Å². The predicted molar refractivity (Wildman–Crippen MR) is 55.9 cm³/mol. The van der Waals surface area contributed by atoms with Gasteiger partial charge in [0.25, 0.3) is 0 Å². The Morgan fingerprint density at radius 2 is 1.83 bits per heavy atom. The van der Waals surface area contributed by atoms with Gasteiger partial charge in [-0.15, -0.1) is 0 Å². The Labute approximate surface area is 75.2 Å². The molecule has 0 aromatic heterocycles. The molecular formula is C11H17N. The highest BCUT2D eigenvalue weighted by Gasteiger charge is 1.98. The maximum absolute atomic E-state index is 3.72. The summed E-state index contributed by atoms with van der Waals surface area (Å²) in [5.74, 6) is 0. The largest absolute Gasteiger partial charge is 0.388 e. The van der Waals surface area contributed by atoms with Crippen LogP contribution in [0.2, 0.25) is 0 Å². The first-order chi connectivity index (χ1) is 5.67. The van der Waals surface area contributed by atoms with E-state index in [4.69, 9.17) is 0 Å². The van der Waals surface area contributed by atoms with Crippen LogP contribution in [0, 0.1) is 0 Å². The van der Waals surface area contributed by atoms with Crippen molar-refractivity contribution in [3.63, 3.8) is 0 Å². The highest BCUT2D eigenvalue weighted by Crippen LogP contribution is 2.11. The Kier molecular flexibility index (Phi) is 4.86. The van der Waals surface area contributed by atoms with Crippen molar-refractivity contribution in [3.8, 4) is 0 Å². The summed E-state index contributed by atoms with van der Waals surface area (Å²) in [5.41, 5.74) is 3.43. The minimum absolute atomic E-state index is 1.12. The highest BCUT2D eigenvalue weighted by molar-refractivity contribution is 5.37. The third-order valence-electron chi connectivity index (χ3n) is 1.71. The van der Waals surface area contributed by atoms with Crippen molar-refractivity contribution in [3.05, 3.63) is 48.2 Å². The second kappa shape index (κ2) is 5.42. The number of nitrogens with one attached hydrogen (secondary N) is 1. The number of likely N-dealkylation sites (N-methyl/N-ethyl adjacent to an activating group) is 1. The van der Waals surface area contributed by atoms with Crippen molar-refractivity contribution in [2.75, 3.05) is 7.05 Å². The van der Waals surface area contributed by atoms with Crippen molar-refractivity contribution >= 4 is 0 Å². The third kappa shape index (κ3) is 2.79. The quantitative estimate of drug-likeness (QED) is 0.628. The standard InChI is InChI=1S/C11H17N/c1-6-8-10(4)11(12-5)9(3)7-2/h6-8,12H,1-2H2,3-5H3/b10-8-,11-9+. The fraction of sp³-hybridized carbons (Fsp3) is 0.273. The van der Waals surface area contributed by atoms with Crippen LogP contribution >= 0.6 is 0 Å². The number of hydrogen-bond acceptors (Lipinski definition) is 1. The normalized spacial score (nSPS) is 13.4. The SMILES string of the molecule is C=C/C=C(C)\C(NC)=C(\C)C=C. The lowest BCUT2D eigenvalue weighted by molar-refractivity contribution is 0.978. The lowest BCUT2D eigenvalue weighted by Crippen LogP contribution is -2.08. The molecule has 66 valence electrons. The van der Waals surface area contributed by atoms with Gasteiger partial charge in [-0.1, -0.05) is 31.4 Å². The molecule has 1 nitrogen and oxygen atoms in total. The van der Waals surface area contributed by atoms with Crippen LogP contribution < -0.4 is 5.32 Å². The third-order valence-corrected chi connectivity index (χ3v) is 1.71. The number of allylic oxidation sites excluding steroid dienone is 5. The molecular weight excluding hydrogens is 146 g/mol. The molecule has 0 fully saturated rings. The topological polar surface area (TPSA) is 12.0 Å². The molecule has 0 saturated carbocycles. The molecule has 0 unspecified atom stereocenters. The van der Waals surface area contributed by atoms with Crippen molar-refractivity contribution < 1.29 is 0 Å². The van der Waals surface area contributed by atoms with Gasteiger partial charge in [-0.2, -0.15) is 0 Å². The summed E-state index contributed by atoms with van der Waals surface area (Å²) in [6.45, 7) is 11.4. The van der Waals surface area contributed by atoms with Crippen LogP contribution in [0.4, 0.5) is 0 Å². The van der Waals surface area contributed by atoms with E-state index in [2.05, 4.69) is 18.5 Å². The Hall–Kier alpha value is -1.24. The molecule has 0 saturated heterocycles. The molecule has 0 heterocycles.